The number of carbonyl (C=O) groups is 3. The number of anilines is 1. The van der Waals surface area contributed by atoms with E-state index in [-0.39, 0.29) is 16.4 Å². The zero-order chi connectivity index (χ0) is 25.2. The van der Waals surface area contributed by atoms with Crippen molar-refractivity contribution in [2.24, 2.45) is 0 Å². The van der Waals surface area contributed by atoms with Gasteiger partial charge in [-0.3, -0.25) is 14.4 Å². The van der Waals surface area contributed by atoms with Gasteiger partial charge in [0.15, 0.2) is 0 Å². The molecular weight excluding hydrogens is 490 g/mol. The van der Waals surface area contributed by atoms with E-state index >= 15 is 0 Å². The number of rotatable bonds is 6. The predicted octanol–water partition coefficient (Wildman–Crippen LogP) is 3.63. The monoisotopic (exact) mass is 513 g/mol. The Morgan fingerprint density at radius 2 is 1.66 bits per heavy atom. The minimum Gasteiger partial charge on any atom is -0.340 e. The van der Waals surface area contributed by atoms with E-state index in [9.17, 15) is 22.8 Å². The lowest BCUT2D eigenvalue weighted by molar-refractivity contribution is -0.121. The Labute approximate surface area is 208 Å². The highest BCUT2D eigenvalue weighted by molar-refractivity contribution is 7.90. The topological polar surface area (TPSA) is 113 Å². The van der Waals surface area contributed by atoms with Crippen LogP contribution in [0, 0.1) is 0 Å². The third-order valence-electron chi connectivity index (χ3n) is 5.82. The van der Waals surface area contributed by atoms with Crippen molar-refractivity contribution >= 4 is 55.8 Å². The Kier molecular flexibility index (Phi) is 7.09. The van der Waals surface area contributed by atoms with Gasteiger partial charge in [-0.2, -0.15) is 0 Å². The molecule has 1 heterocycles. The van der Waals surface area contributed by atoms with Gasteiger partial charge in [0.1, 0.15) is 6.04 Å². The van der Waals surface area contributed by atoms with E-state index in [1.807, 2.05) is 4.72 Å². The molecule has 2 N–H and O–H groups in total. The third kappa shape index (κ3) is 5.63. The summed E-state index contributed by atoms with van der Waals surface area (Å²) >= 11 is 5.96. The maximum Gasteiger partial charge on any atom is 0.264 e. The fourth-order valence-electron chi connectivity index (χ4n) is 3.86. The van der Waals surface area contributed by atoms with E-state index in [0.29, 0.717) is 29.1 Å². The Morgan fingerprint density at radius 3 is 2.37 bits per heavy atom. The molecule has 0 saturated carbocycles. The standard InChI is InChI=1S/C25H24ClN3O5S/c1-16(27-25(32)17-6-10-21(11-7-17)29-13-3-2-4-23(29)30)24(31)28-35(33,34)22-12-8-18-14-20(26)9-5-19(18)15-22/h5-12,14-16H,2-4,13H2,1H3,(H,27,32)(H,28,31). The summed E-state index contributed by atoms with van der Waals surface area (Å²) < 4.78 is 27.5. The lowest BCUT2D eigenvalue weighted by Gasteiger charge is -2.26. The van der Waals surface area contributed by atoms with Crippen LogP contribution in [0.2, 0.25) is 5.02 Å². The molecule has 1 fully saturated rings. The largest absolute Gasteiger partial charge is 0.340 e. The maximum atomic E-state index is 12.7. The minimum atomic E-state index is -4.15. The van der Waals surface area contributed by atoms with Crippen LogP contribution in [0.15, 0.2) is 65.6 Å². The number of fused-ring (bicyclic) bond motifs is 1. The van der Waals surface area contributed by atoms with E-state index in [0.717, 1.165) is 18.2 Å². The zero-order valence-electron chi connectivity index (χ0n) is 19.0. The second-order valence-electron chi connectivity index (χ2n) is 8.37. The number of amides is 3. The maximum absolute atomic E-state index is 12.7. The number of piperidine rings is 1. The Bertz CT molecular complexity index is 1410. The molecule has 1 unspecified atom stereocenters. The second kappa shape index (κ2) is 10.1. The molecule has 0 bridgehead atoms. The summed E-state index contributed by atoms with van der Waals surface area (Å²) in [6, 6.07) is 14.9. The summed E-state index contributed by atoms with van der Waals surface area (Å²) in [6.07, 6.45) is 2.31. The molecule has 1 aliphatic rings. The van der Waals surface area contributed by atoms with Crippen molar-refractivity contribution in [2.45, 2.75) is 37.1 Å². The lowest BCUT2D eigenvalue weighted by atomic mass is 10.1. The quantitative estimate of drug-likeness (QED) is 0.522. The average Bonchev–Trinajstić information content (AvgIpc) is 2.83. The van der Waals surface area contributed by atoms with Crippen LogP contribution in [0.3, 0.4) is 0 Å². The first kappa shape index (κ1) is 24.7. The van der Waals surface area contributed by atoms with Crippen molar-refractivity contribution < 1.29 is 22.8 Å². The van der Waals surface area contributed by atoms with E-state index in [1.165, 1.54) is 19.1 Å². The number of halogens is 1. The highest BCUT2D eigenvalue weighted by Gasteiger charge is 2.24. The molecule has 0 aliphatic carbocycles. The summed E-state index contributed by atoms with van der Waals surface area (Å²) in [5, 5.41) is 4.45. The summed E-state index contributed by atoms with van der Waals surface area (Å²) in [4.78, 5) is 38.8. The number of sulfonamides is 1. The van der Waals surface area contributed by atoms with Gasteiger partial charge in [-0.15, -0.1) is 0 Å². The number of hydrogen-bond donors (Lipinski definition) is 2. The van der Waals surface area contributed by atoms with Crippen LogP contribution in [-0.4, -0.2) is 38.7 Å². The summed E-state index contributed by atoms with van der Waals surface area (Å²) in [5.74, 6) is -1.36. The molecule has 1 saturated heterocycles. The van der Waals surface area contributed by atoms with E-state index in [1.54, 1.807) is 53.4 Å². The molecule has 182 valence electrons. The van der Waals surface area contributed by atoms with Crippen molar-refractivity contribution in [1.82, 2.24) is 10.0 Å². The van der Waals surface area contributed by atoms with Crippen molar-refractivity contribution in [3.63, 3.8) is 0 Å². The number of carbonyl (C=O) groups excluding carboxylic acids is 3. The number of nitrogens with one attached hydrogen (secondary N) is 2. The van der Waals surface area contributed by atoms with Crippen LogP contribution in [0.1, 0.15) is 36.5 Å². The summed E-state index contributed by atoms with van der Waals surface area (Å²) in [7, 11) is -4.15. The van der Waals surface area contributed by atoms with Gasteiger partial charge < -0.3 is 10.2 Å². The first-order chi connectivity index (χ1) is 16.6. The zero-order valence-corrected chi connectivity index (χ0v) is 20.5. The molecule has 4 rings (SSSR count). The van der Waals surface area contributed by atoms with E-state index in [2.05, 4.69) is 5.32 Å². The van der Waals surface area contributed by atoms with E-state index < -0.39 is 27.9 Å². The van der Waals surface area contributed by atoms with Crippen molar-refractivity contribution in [3.8, 4) is 0 Å². The molecule has 1 aliphatic heterocycles. The summed E-state index contributed by atoms with van der Waals surface area (Å²) in [6.45, 7) is 2.03. The second-order valence-corrected chi connectivity index (χ2v) is 10.5. The van der Waals surface area contributed by atoms with Crippen LogP contribution in [0.4, 0.5) is 5.69 Å². The van der Waals surface area contributed by atoms with Crippen LogP contribution in [0.5, 0.6) is 0 Å². The SMILES string of the molecule is CC(NC(=O)c1ccc(N2CCCCC2=O)cc1)C(=O)NS(=O)(=O)c1ccc2cc(Cl)ccc2c1. The van der Waals surface area contributed by atoms with Gasteiger partial charge >= 0.3 is 0 Å². The van der Waals surface area contributed by atoms with Crippen LogP contribution in [-0.2, 0) is 19.6 Å². The first-order valence-electron chi connectivity index (χ1n) is 11.1. The average molecular weight is 514 g/mol. The van der Waals surface area contributed by atoms with Crippen molar-refractivity contribution in [2.75, 3.05) is 11.4 Å². The third-order valence-corrected chi connectivity index (χ3v) is 7.40. The van der Waals surface area contributed by atoms with Gasteiger partial charge in [0.25, 0.3) is 21.8 Å². The Morgan fingerprint density at radius 1 is 0.971 bits per heavy atom. The highest BCUT2D eigenvalue weighted by atomic mass is 35.5. The molecular formula is C25H24ClN3O5S. The molecule has 3 amide bonds. The van der Waals surface area contributed by atoms with Gasteiger partial charge in [0.2, 0.25) is 5.91 Å². The first-order valence-corrected chi connectivity index (χ1v) is 13.0. The number of hydrogen-bond acceptors (Lipinski definition) is 5. The van der Waals surface area contributed by atoms with E-state index in [4.69, 9.17) is 11.6 Å². The van der Waals surface area contributed by atoms with Crippen LogP contribution < -0.4 is 14.9 Å². The molecule has 10 heteroatoms. The fraction of sp³-hybridized carbons (Fsp3) is 0.240. The van der Waals surface area contributed by atoms with Gasteiger partial charge in [-0.25, -0.2) is 13.1 Å². The van der Waals surface area contributed by atoms with Crippen molar-refractivity contribution in [3.05, 3.63) is 71.2 Å². The lowest BCUT2D eigenvalue weighted by Crippen LogP contribution is -2.46. The smallest absolute Gasteiger partial charge is 0.264 e. The van der Waals surface area contributed by atoms with Gasteiger partial charge in [0.05, 0.1) is 4.90 Å². The molecule has 8 nitrogen and oxygen atoms in total. The van der Waals surface area contributed by atoms with Gasteiger partial charge in [0, 0.05) is 29.2 Å². The predicted molar refractivity (Wildman–Crippen MR) is 134 cm³/mol. The highest BCUT2D eigenvalue weighted by Crippen LogP contribution is 2.23. The molecule has 0 radical (unpaired) electrons. The molecule has 1 atom stereocenters. The molecule has 0 spiro atoms. The number of nitrogens with zero attached hydrogens (tertiary/aromatic N) is 1. The number of benzene rings is 3. The van der Waals surface area contributed by atoms with Gasteiger partial charge in [-0.05, 0) is 79.1 Å². The molecule has 0 aromatic heterocycles. The fourth-order valence-corrected chi connectivity index (χ4v) is 5.13. The normalized spacial score (nSPS) is 15.0. The van der Waals surface area contributed by atoms with Crippen LogP contribution in [0.25, 0.3) is 10.8 Å². The molecule has 3 aromatic carbocycles. The van der Waals surface area contributed by atoms with Gasteiger partial charge in [-0.1, -0.05) is 23.7 Å². The Hall–Kier alpha value is -3.43. The van der Waals surface area contributed by atoms with Crippen molar-refractivity contribution in [1.29, 1.82) is 0 Å². The summed E-state index contributed by atoms with van der Waals surface area (Å²) in [5.41, 5.74) is 0.995. The Balaban J connectivity index is 1.40. The molecule has 3 aromatic rings. The minimum absolute atomic E-state index is 0.0511. The molecule has 35 heavy (non-hydrogen) atoms. The van der Waals surface area contributed by atoms with Crippen LogP contribution >= 0.6 is 11.6 Å².